The summed E-state index contributed by atoms with van der Waals surface area (Å²) in [6.45, 7) is 8.81. The minimum absolute atomic E-state index is 0.101. The molecule has 0 unspecified atom stereocenters. The molecule has 9 rings (SSSR count). The molecular formula is C40H47FN8O3. The highest BCUT2D eigenvalue weighted by Gasteiger charge is 2.56. The number of likely N-dealkylation sites (tertiary alicyclic amines) is 2. The Labute approximate surface area is 303 Å². The first kappa shape index (κ1) is 33.4. The lowest BCUT2D eigenvalue weighted by Crippen LogP contribution is -2.59. The van der Waals surface area contributed by atoms with Gasteiger partial charge in [-0.2, -0.15) is 0 Å². The Morgan fingerprint density at radius 3 is 2.52 bits per heavy atom. The third-order valence-corrected chi connectivity index (χ3v) is 12.7. The summed E-state index contributed by atoms with van der Waals surface area (Å²) in [5, 5.41) is 13.2. The van der Waals surface area contributed by atoms with Crippen molar-refractivity contribution in [1.29, 1.82) is 0 Å². The van der Waals surface area contributed by atoms with Gasteiger partial charge in [0.05, 0.1) is 34.8 Å². The second-order valence-corrected chi connectivity index (χ2v) is 16.3. The Balaban J connectivity index is 1.09. The summed E-state index contributed by atoms with van der Waals surface area (Å²) in [5.41, 5.74) is 5.03. The second kappa shape index (κ2) is 12.3. The number of carbonyl (C=O) groups is 2. The molecule has 2 aliphatic carbocycles. The first-order valence-corrected chi connectivity index (χ1v) is 19.0. The molecule has 272 valence electrons. The zero-order chi connectivity index (χ0) is 35.9. The lowest BCUT2D eigenvalue weighted by Gasteiger charge is -2.49. The monoisotopic (exact) mass is 706 g/mol. The number of rotatable bonds is 7. The number of piperidine rings is 2. The maximum absolute atomic E-state index is 14.8. The number of imidazole rings is 1. The molecule has 2 saturated heterocycles. The van der Waals surface area contributed by atoms with Gasteiger partial charge >= 0.3 is 0 Å². The van der Waals surface area contributed by atoms with Gasteiger partial charge in [-0.25, -0.2) is 14.4 Å². The van der Waals surface area contributed by atoms with Crippen LogP contribution in [0.4, 0.5) is 21.6 Å². The van der Waals surface area contributed by atoms with Crippen LogP contribution in [-0.2, 0) is 15.0 Å². The molecule has 1 atom stereocenters. The largest absolute Gasteiger partial charge is 0.384 e. The summed E-state index contributed by atoms with van der Waals surface area (Å²) >= 11 is 0. The topological polar surface area (TPSA) is 120 Å². The van der Waals surface area contributed by atoms with Gasteiger partial charge < -0.3 is 24.8 Å². The number of halogens is 1. The average Bonchev–Trinajstić information content (AvgIpc) is 3.63. The maximum atomic E-state index is 14.8. The molecule has 12 heteroatoms. The number of anilines is 3. The number of hydrogen-bond donors (Lipinski definition) is 2. The van der Waals surface area contributed by atoms with E-state index in [1.807, 2.05) is 16.7 Å². The van der Waals surface area contributed by atoms with E-state index in [-0.39, 0.29) is 29.6 Å². The fourth-order valence-electron chi connectivity index (χ4n) is 9.47. The van der Waals surface area contributed by atoms with Crippen LogP contribution in [0.1, 0.15) is 83.7 Å². The van der Waals surface area contributed by atoms with Gasteiger partial charge in [-0.1, -0.05) is 12.1 Å². The van der Waals surface area contributed by atoms with Gasteiger partial charge in [-0.05, 0) is 108 Å². The van der Waals surface area contributed by atoms with Crippen molar-refractivity contribution >= 4 is 40.0 Å². The van der Waals surface area contributed by atoms with Crippen LogP contribution in [-0.4, -0.2) is 90.6 Å². The number of nitrogens with zero attached hydrogens (tertiary/aromatic N) is 7. The van der Waals surface area contributed by atoms with Crippen LogP contribution in [0.25, 0.3) is 22.3 Å². The normalized spacial score (nSPS) is 24.1. The van der Waals surface area contributed by atoms with Crippen LogP contribution in [0.5, 0.6) is 0 Å². The molecule has 0 radical (unpaired) electrons. The predicted octanol–water partition coefficient (Wildman–Crippen LogP) is 5.95. The van der Waals surface area contributed by atoms with Gasteiger partial charge in [0.15, 0.2) is 11.6 Å². The molecule has 2 spiro atoms. The van der Waals surface area contributed by atoms with Crippen molar-refractivity contribution in [3.8, 4) is 11.3 Å². The highest BCUT2D eigenvalue weighted by atomic mass is 19.1. The Hall–Kier alpha value is -4.42. The van der Waals surface area contributed by atoms with Crippen LogP contribution < -0.4 is 10.2 Å². The second-order valence-electron chi connectivity index (χ2n) is 16.3. The molecule has 4 fully saturated rings. The molecule has 0 bridgehead atoms. The maximum Gasteiger partial charge on any atom is 0.251 e. The number of pyridine rings is 2. The molecular weight excluding hydrogens is 659 g/mol. The number of aliphatic hydroxyl groups excluding tert-OH is 1. The van der Waals surface area contributed by atoms with E-state index < -0.39 is 17.3 Å². The minimum Gasteiger partial charge on any atom is -0.384 e. The zero-order valence-electron chi connectivity index (χ0n) is 30.2. The van der Waals surface area contributed by atoms with Gasteiger partial charge in [0.1, 0.15) is 11.6 Å². The van der Waals surface area contributed by atoms with Crippen LogP contribution >= 0.6 is 0 Å². The number of carbonyl (C=O) groups excluding carboxylic acids is 2. The summed E-state index contributed by atoms with van der Waals surface area (Å²) in [7, 11) is 0. The van der Waals surface area contributed by atoms with E-state index in [0.717, 1.165) is 47.2 Å². The molecule has 3 aromatic heterocycles. The van der Waals surface area contributed by atoms with E-state index in [1.165, 1.54) is 45.3 Å². The minimum atomic E-state index is -1.07. The van der Waals surface area contributed by atoms with Crippen LogP contribution in [0, 0.1) is 11.2 Å². The van der Waals surface area contributed by atoms with Gasteiger partial charge in [0.25, 0.3) is 5.91 Å². The predicted molar refractivity (Wildman–Crippen MR) is 197 cm³/mol. The van der Waals surface area contributed by atoms with Crippen LogP contribution in [0.2, 0.25) is 0 Å². The first-order valence-electron chi connectivity index (χ1n) is 19.0. The van der Waals surface area contributed by atoms with E-state index in [2.05, 4.69) is 46.1 Å². The Morgan fingerprint density at radius 1 is 1.02 bits per heavy atom. The molecule has 2 saturated carbocycles. The fraction of sp³-hybridized carbons (Fsp3) is 0.525. The zero-order valence-corrected chi connectivity index (χ0v) is 30.2. The van der Waals surface area contributed by atoms with E-state index in [4.69, 9.17) is 9.97 Å². The summed E-state index contributed by atoms with van der Waals surface area (Å²) in [4.78, 5) is 47.7. The smallest absolute Gasteiger partial charge is 0.251 e. The Bertz CT molecular complexity index is 2060. The molecule has 52 heavy (non-hydrogen) atoms. The Kier molecular flexibility index (Phi) is 7.93. The number of benzene rings is 1. The van der Waals surface area contributed by atoms with Gasteiger partial charge in [-0.3, -0.25) is 19.5 Å². The number of amides is 2. The number of aliphatic hydroxyl groups is 1. The van der Waals surface area contributed by atoms with E-state index >= 15 is 0 Å². The van der Waals surface area contributed by atoms with Crippen LogP contribution in [0.3, 0.4) is 0 Å². The number of nitrogens with one attached hydrogen (secondary N) is 1. The number of hydrogen-bond acceptors (Lipinski definition) is 8. The molecule has 11 nitrogen and oxygen atoms in total. The SMILES string of the molecule is CC(C)n1cnc2cc(-c3ccc4c(c3)N(C3CC(N5CCCC6(CC6)C5)C3)C(=O)C43CCN(C(=O)[C@@H](C)O)CC3)nc(Nc3ccncc3F)c21. The average molecular weight is 707 g/mol. The van der Waals surface area contributed by atoms with Crippen molar-refractivity contribution < 1.29 is 19.1 Å². The standard InChI is InChI=1S/C40H47FN8O3/c1-24(2)48-23-43-33-20-32(45-36(35(33)48)44-31-7-13-42-21-30(31)41)26-5-6-29-34(17-26)49(28-18-27(19-28)47-14-4-8-39(22-47)9-10-39)38(52)40(29)11-15-46(16-12-40)37(51)25(3)50/h5-7,13,17,20-21,23-25,27-28,50H,4,8-12,14-16,18-19,22H2,1-3H3,(H,42,44,45)/t25-,27?,28?/m1/s1. The van der Waals surface area contributed by atoms with Gasteiger partial charge in [-0.15, -0.1) is 0 Å². The van der Waals surface area contributed by atoms with Gasteiger partial charge in [0, 0.05) is 55.2 Å². The first-order chi connectivity index (χ1) is 25.1. The summed E-state index contributed by atoms with van der Waals surface area (Å²) < 4.78 is 16.9. The summed E-state index contributed by atoms with van der Waals surface area (Å²) in [6.07, 6.45) is 11.7. The van der Waals surface area contributed by atoms with Gasteiger partial charge in [0.2, 0.25) is 5.91 Å². The molecule has 6 heterocycles. The third-order valence-electron chi connectivity index (χ3n) is 12.7. The third kappa shape index (κ3) is 5.39. The highest BCUT2D eigenvalue weighted by molar-refractivity contribution is 6.09. The van der Waals surface area contributed by atoms with Crippen molar-refractivity contribution in [2.75, 3.05) is 36.4 Å². The van der Waals surface area contributed by atoms with Crippen molar-refractivity contribution in [1.82, 2.24) is 29.3 Å². The molecule has 5 aliphatic rings. The van der Waals surface area contributed by atoms with Crippen molar-refractivity contribution in [3.63, 3.8) is 0 Å². The van der Waals surface area contributed by atoms with E-state index in [0.29, 0.717) is 48.9 Å². The molecule has 3 aliphatic heterocycles. The molecule has 4 aromatic rings. The van der Waals surface area contributed by atoms with Crippen molar-refractivity contribution in [2.24, 2.45) is 5.41 Å². The Morgan fingerprint density at radius 2 is 1.81 bits per heavy atom. The molecule has 2 amide bonds. The van der Waals surface area contributed by atoms with Crippen LogP contribution in [0.15, 0.2) is 49.1 Å². The molecule has 1 aromatic carbocycles. The van der Waals surface area contributed by atoms with E-state index in [9.17, 15) is 19.1 Å². The number of aromatic nitrogens is 4. The highest BCUT2D eigenvalue weighted by Crippen LogP contribution is 2.55. The van der Waals surface area contributed by atoms with Crippen molar-refractivity contribution in [3.05, 3.63) is 60.4 Å². The number of fused-ring (bicyclic) bond motifs is 3. The fourth-order valence-corrected chi connectivity index (χ4v) is 9.47. The lowest BCUT2D eigenvalue weighted by atomic mass is 9.73. The summed E-state index contributed by atoms with van der Waals surface area (Å²) in [6, 6.07) is 10.5. The lowest BCUT2D eigenvalue weighted by molar-refractivity contribution is -0.142. The molecule has 2 N–H and O–H groups in total. The quantitative estimate of drug-likeness (QED) is 0.242. The summed E-state index contributed by atoms with van der Waals surface area (Å²) in [5.74, 6) is -0.158. The van der Waals surface area contributed by atoms with E-state index in [1.54, 1.807) is 23.5 Å². The van der Waals surface area contributed by atoms with Crippen molar-refractivity contribution in [2.45, 2.75) is 102 Å².